The zero-order chi connectivity index (χ0) is 20.6. The molecule has 1 amide bonds. The zero-order valence-electron chi connectivity index (χ0n) is 14.6. The van der Waals surface area contributed by atoms with Crippen molar-refractivity contribution in [3.8, 4) is 5.88 Å². The maximum Gasteiger partial charge on any atom is 0.417 e. The van der Waals surface area contributed by atoms with Gasteiger partial charge in [0.15, 0.2) is 12.3 Å². The fourth-order valence-corrected chi connectivity index (χ4v) is 2.97. The average Bonchev–Trinajstić information content (AvgIpc) is 2.88. The number of pyridine rings is 1. The van der Waals surface area contributed by atoms with Crippen LogP contribution in [-0.4, -0.2) is 27.3 Å². The summed E-state index contributed by atoms with van der Waals surface area (Å²) in [7, 11) is 1.45. The highest BCUT2D eigenvalue weighted by Crippen LogP contribution is 2.37. The largest absolute Gasteiger partial charge is 0.467 e. The van der Waals surface area contributed by atoms with Gasteiger partial charge < -0.3 is 10.1 Å². The van der Waals surface area contributed by atoms with Crippen LogP contribution in [-0.2, 0) is 18.0 Å². The molecule has 0 fully saturated rings. The van der Waals surface area contributed by atoms with E-state index in [1.807, 2.05) is 0 Å². The molecular weight excluding hydrogens is 448 g/mol. The van der Waals surface area contributed by atoms with Crippen LogP contribution in [0.5, 0.6) is 5.88 Å². The summed E-state index contributed by atoms with van der Waals surface area (Å²) in [4.78, 5) is 16.0. The van der Waals surface area contributed by atoms with Gasteiger partial charge in [-0.2, -0.15) is 23.3 Å². The van der Waals surface area contributed by atoms with Crippen molar-refractivity contribution in [3.05, 3.63) is 45.8 Å². The van der Waals surface area contributed by atoms with Gasteiger partial charge in [0.05, 0.1) is 22.3 Å². The molecule has 1 aromatic carbocycles. The summed E-state index contributed by atoms with van der Waals surface area (Å²) in [5, 5.41) is 6.09. The monoisotopic (exact) mass is 460 g/mol. The van der Waals surface area contributed by atoms with Crippen LogP contribution in [0.2, 0.25) is 0 Å². The third-order valence-electron chi connectivity index (χ3n) is 3.81. The normalized spacial score (nSPS) is 11.7. The van der Waals surface area contributed by atoms with E-state index < -0.39 is 36.0 Å². The van der Waals surface area contributed by atoms with E-state index in [1.54, 1.807) is 0 Å². The van der Waals surface area contributed by atoms with Crippen LogP contribution >= 0.6 is 15.9 Å². The maximum atomic E-state index is 13.7. The summed E-state index contributed by atoms with van der Waals surface area (Å²) in [6.07, 6.45) is -4.66. The van der Waals surface area contributed by atoms with Gasteiger partial charge in [0, 0.05) is 17.6 Å². The van der Waals surface area contributed by atoms with E-state index in [9.17, 15) is 22.4 Å². The van der Waals surface area contributed by atoms with Crippen LogP contribution in [0.1, 0.15) is 11.3 Å². The molecule has 3 aromatic rings. The van der Waals surface area contributed by atoms with Gasteiger partial charge in [-0.15, -0.1) is 0 Å². The molecule has 0 aliphatic heterocycles. The van der Waals surface area contributed by atoms with Gasteiger partial charge in [-0.1, -0.05) is 15.9 Å². The number of carbonyl (C=O) groups is 1. The first-order chi connectivity index (χ1) is 13.1. The summed E-state index contributed by atoms with van der Waals surface area (Å²) in [5.74, 6) is -1.82. The van der Waals surface area contributed by atoms with Crippen molar-refractivity contribution < 1.29 is 27.1 Å². The minimum atomic E-state index is -4.66. The number of alkyl halides is 3. The second-order valence-corrected chi connectivity index (χ2v) is 6.79. The Hall–Kier alpha value is -2.69. The number of carbonyl (C=O) groups excluding carboxylic acids is 1. The van der Waals surface area contributed by atoms with E-state index in [2.05, 4.69) is 31.3 Å². The van der Waals surface area contributed by atoms with Crippen molar-refractivity contribution in [3.63, 3.8) is 0 Å². The first kappa shape index (κ1) is 20.1. The van der Waals surface area contributed by atoms with Gasteiger partial charge in [-0.05, 0) is 25.1 Å². The molecule has 2 heterocycles. The number of benzene rings is 1. The van der Waals surface area contributed by atoms with Crippen LogP contribution in [0.15, 0.2) is 28.7 Å². The third-order valence-corrected chi connectivity index (χ3v) is 4.30. The molecule has 0 spiro atoms. The van der Waals surface area contributed by atoms with Crippen molar-refractivity contribution in [2.45, 2.75) is 13.1 Å². The number of nitrogens with one attached hydrogen (secondary N) is 1. The summed E-state index contributed by atoms with van der Waals surface area (Å²) in [6, 6.07) is 4.73. The Bertz CT molecular complexity index is 1070. The first-order valence-electron chi connectivity index (χ1n) is 7.85. The number of aromatic nitrogens is 3. The second-order valence-electron chi connectivity index (χ2n) is 5.87. The van der Waals surface area contributed by atoms with Gasteiger partial charge >= 0.3 is 6.18 Å². The van der Waals surface area contributed by atoms with Crippen molar-refractivity contribution in [1.82, 2.24) is 14.8 Å². The van der Waals surface area contributed by atoms with Gasteiger partial charge in [0.2, 0.25) is 5.88 Å². The number of hydrogen-bond donors (Lipinski definition) is 1. The highest BCUT2D eigenvalue weighted by atomic mass is 79.9. The van der Waals surface area contributed by atoms with Crippen molar-refractivity contribution in [1.29, 1.82) is 0 Å². The van der Waals surface area contributed by atoms with Crippen LogP contribution in [0.3, 0.4) is 0 Å². The van der Waals surface area contributed by atoms with E-state index in [0.717, 1.165) is 6.07 Å². The standard InChI is InChI=1S/C17H13BrF4N4O2/c1-8-15-10(17(20,21)22)6-14(24-16(15)26(2)25-8)28-7-13(27)23-12-4-3-9(18)5-11(12)19/h3-6H,7H2,1-2H3,(H,23,27). The molecular formula is C17H13BrF4N4O2. The van der Waals surface area contributed by atoms with Gasteiger partial charge in [0.1, 0.15) is 5.82 Å². The number of hydrogen-bond acceptors (Lipinski definition) is 4. The van der Waals surface area contributed by atoms with Crippen molar-refractivity contribution in [2.75, 3.05) is 11.9 Å². The number of anilines is 1. The molecule has 0 atom stereocenters. The number of aryl methyl sites for hydroxylation is 2. The number of fused-ring (bicyclic) bond motifs is 1. The van der Waals surface area contributed by atoms with Crippen LogP contribution < -0.4 is 10.1 Å². The average molecular weight is 461 g/mol. The van der Waals surface area contributed by atoms with E-state index in [-0.39, 0.29) is 22.4 Å². The lowest BCUT2D eigenvalue weighted by molar-refractivity contribution is -0.136. The number of rotatable bonds is 4. The summed E-state index contributed by atoms with van der Waals surface area (Å²) >= 11 is 3.09. The molecule has 3 rings (SSSR count). The highest BCUT2D eigenvalue weighted by molar-refractivity contribution is 9.10. The minimum Gasteiger partial charge on any atom is -0.467 e. The minimum absolute atomic E-state index is 0.0262. The molecule has 0 aliphatic rings. The van der Waals surface area contributed by atoms with E-state index in [4.69, 9.17) is 4.74 Å². The molecule has 0 aliphatic carbocycles. The quantitative estimate of drug-likeness (QED) is 0.592. The smallest absolute Gasteiger partial charge is 0.417 e. The molecule has 0 saturated carbocycles. The molecule has 6 nitrogen and oxygen atoms in total. The molecule has 11 heteroatoms. The zero-order valence-corrected chi connectivity index (χ0v) is 16.2. The van der Waals surface area contributed by atoms with Crippen LogP contribution in [0, 0.1) is 12.7 Å². The van der Waals surface area contributed by atoms with Crippen molar-refractivity contribution in [2.24, 2.45) is 7.05 Å². The SMILES string of the molecule is Cc1nn(C)c2nc(OCC(=O)Nc3ccc(Br)cc3F)cc(C(F)(F)F)c12. The number of nitrogens with zero attached hydrogens (tertiary/aromatic N) is 3. The number of amides is 1. The molecule has 2 aromatic heterocycles. The van der Waals surface area contributed by atoms with Gasteiger partial charge in [-0.25, -0.2) is 4.39 Å². The van der Waals surface area contributed by atoms with E-state index >= 15 is 0 Å². The summed E-state index contributed by atoms with van der Waals surface area (Å²) < 4.78 is 60.8. The maximum absolute atomic E-state index is 13.7. The number of halogens is 5. The first-order valence-corrected chi connectivity index (χ1v) is 8.65. The Balaban J connectivity index is 1.82. The van der Waals surface area contributed by atoms with Crippen LogP contribution in [0.4, 0.5) is 23.2 Å². The lowest BCUT2D eigenvalue weighted by atomic mass is 10.1. The van der Waals surface area contributed by atoms with E-state index in [0.29, 0.717) is 10.5 Å². The van der Waals surface area contributed by atoms with Gasteiger partial charge in [-0.3, -0.25) is 9.48 Å². The third kappa shape index (κ3) is 4.08. The fourth-order valence-electron chi connectivity index (χ4n) is 2.64. The lowest BCUT2D eigenvalue weighted by Gasteiger charge is -2.12. The second kappa shape index (κ2) is 7.38. The predicted molar refractivity (Wildman–Crippen MR) is 96.5 cm³/mol. The molecule has 0 radical (unpaired) electrons. The Labute approximate surface area is 164 Å². The Morgan fingerprint density at radius 3 is 2.68 bits per heavy atom. The predicted octanol–water partition coefficient (Wildman–Crippen LogP) is 4.21. The molecule has 0 saturated heterocycles. The highest BCUT2D eigenvalue weighted by Gasteiger charge is 2.35. The lowest BCUT2D eigenvalue weighted by Crippen LogP contribution is -2.21. The van der Waals surface area contributed by atoms with E-state index in [1.165, 1.54) is 30.8 Å². The molecule has 28 heavy (non-hydrogen) atoms. The Morgan fingerprint density at radius 2 is 2.04 bits per heavy atom. The summed E-state index contributed by atoms with van der Waals surface area (Å²) in [6.45, 7) is 0.794. The molecule has 1 N–H and O–H groups in total. The van der Waals surface area contributed by atoms with Crippen molar-refractivity contribution >= 4 is 38.6 Å². The molecule has 148 valence electrons. The van der Waals surface area contributed by atoms with Gasteiger partial charge in [0.25, 0.3) is 5.91 Å². The number of ether oxygens (including phenoxy) is 1. The Kier molecular flexibility index (Phi) is 5.28. The van der Waals surface area contributed by atoms with Crippen LogP contribution in [0.25, 0.3) is 11.0 Å². The molecule has 0 bridgehead atoms. The fraction of sp³-hybridized carbons (Fsp3) is 0.235. The topological polar surface area (TPSA) is 69.0 Å². The Morgan fingerprint density at radius 1 is 1.32 bits per heavy atom. The molecule has 0 unspecified atom stereocenters. The summed E-state index contributed by atoms with van der Waals surface area (Å²) in [5.41, 5.74) is -0.898.